The molecule has 0 amide bonds. The maximum Gasteiger partial charge on any atom is 0.274 e. The summed E-state index contributed by atoms with van der Waals surface area (Å²) in [7, 11) is -2.27. The summed E-state index contributed by atoms with van der Waals surface area (Å²) in [6, 6.07) is 12.0. The number of primary sulfonamides is 1. The van der Waals surface area contributed by atoms with Crippen molar-refractivity contribution >= 4 is 20.8 Å². The zero-order chi connectivity index (χ0) is 16.8. The van der Waals surface area contributed by atoms with Gasteiger partial charge in [-0.1, -0.05) is 30.3 Å². The molecule has 118 valence electrons. The van der Waals surface area contributed by atoms with Crippen molar-refractivity contribution in [1.82, 2.24) is 9.78 Å². The second kappa shape index (κ2) is 5.29. The maximum absolute atomic E-state index is 12.2. The highest BCUT2D eigenvalue weighted by molar-refractivity contribution is 7.89. The molecule has 0 bridgehead atoms. The first-order chi connectivity index (χ1) is 10.8. The van der Waals surface area contributed by atoms with Gasteiger partial charge in [0, 0.05) is 18.0 Å². The average Bonchev–Trinajstić information content (AvgIpc) is 2.50. The SMILES string of the molecule is Cc1ccc(-c2nn(C)c(=O)c3ccccc23)cc1S(N)(=O)=O. The number of nitrogens with zero attached hydrogens (tertiary/aromatic N) is 2. The molecule has 1 heterocycles. The van der Waals surface area contributed by atoms with Crippen LogP contribution >= 0.6 is 0 Å². The molecular weight excluding hydrogens is 314 g/mol. The van der Waals surface area contributed by atoms with Gasteiger partial charge < -0.3 is 0 Å². The molecule has 0 aliphatic heterocycles. The van der Waals surface area contributed by atoms with Gasteiger partial charge >= 0.3 is 0 Å². The highest BCUT2D eigenvalue weighted by Crippen LogP contribution is 2.27. The van der Waals surface area contributed by atoms with Gasteiger partial charge in [-0.05, 0) is 24.6 Å². The van der Waals surface area contributed by atoms with E-state index in [4.69, 9.17) is 5.14 Å². The second-order valence-corrected chi connectivity index (χ2v) is 6.88. The Balaban J connectivity index is 2.39. The number of hydrogen-bond acceptors (Lipinski definition) is 4. The van der Waals surface area contributed by atoms with Crippen LogP contribution in [0.5, 0.6) is 0 Å². The van der Waals surface area contributed by atoms with E-state index in [1.807, 2.05) is 6.07 Å². The number of hydrogen-bond donors (Lipinski definition) is 1. The van der Waals surface area contributed by atoms with Gasteiger partial charge in [-0.3, -0.25) is 4.79 Å². The first kappa shape index (κ1) is 15.4. The number of benzene rings is 2. The molecule has 1 aromatic heterocycles. The minimum absolute atomic E-state index is 0.0507. The Morgan fingerprint density at radius 3 is 2.39 bits per heavy atom. The summed E-state index contributed by atoms with van der Waals surface area (Å²) in [5.41, 5.74) is 1.48. The van der Waals surface area contributed by atoms with E-state index in [-0.39, 0.29) is 10.5 Å². The van der Waals surface area contributed by atoms with E-state index in [9.17, 15) is 13.2 Å². The van der Waals surface area contributed by atoms with Crippen molar-refractivity contribution in [2.45, 2.75) is 11.8 Å². The van der Waals surface area contributed by atoms with Gasteiger partial charge in [0.2, 0.25) is 10.0 Å². The molecule has 2 N–H and O–H groups in total. The fourth-order valence-electron chi connectivity index (χ4n) is 2.57. The first-order valence-corrected chi connectivity index (χ1v) is 8.43. The third-order valence-electron chi connectivity index (χ3n) is 3.72. The molecule has 0 aliphatic rings. The van der Waals surface area contributed by atoms with Crippen molar-refractivity contribution in [3.63, 3.8) is 0 Å². The lowest BCUT2D eigenvalue weighted by molar-refractivity contribution is 0.597. The highest BCUT2D eigenvalue weighted by Gasteiger charge is 2.16. The number of aromatic nitrogens is 2. The first-order valence-electron chi connectivity index (χ1n) is 6.89. The zero-order valence-electron chi connectivity index (χ0n) is 12.6. The van der Waals surface area contributed by atoms with Crippen molar-refractivity contribution in [1.29, 1.82) is 0 Å². The van der Waals surface area contributed by atoms with E-state index in [1.165, 1.54) is 10.7 Å². The minimum Gasteiger partial charge on any atom is -0.267 e. The van der Waals surface area contributed by atoms with E-state index < -0.39 is 10.0 Å². The number of aryl methyl sites for hydroxylation is 2. The fraction of sp³-hybridized carbons (Fsp3) is 0.125. The van der Waals surface area contributed by atoms with Crippen LogP contribution in [0.25, 0.3) is 22.0 Å². The lowest BCUT2D eigenvalue weighted by Gasteiger charge is -2.10. The summed E-state index contributed by atoms with van der Waals surface area (Å²) in [5.74, 6) is 0. The van der Waals surface area contributed by atoms with Gasteiger partial charge in [-0.25, -0.2) is 18.2 Å². The molecule has 0 spiro atoms. The standard InChI is InChI=1S/C16H15N3O3S/c1-10-7-8-11(9-14(10)23(17,21)22)15-12-5-3-4-6-13(12)16(20)19(2)18-15/h3-9H,1-2H3,(H2,17,21,22). The lowest BCUT2D eigenvalue weighted by Crippen LogP contribution is -2.20. The van der Waals surface area contributed by atoms with Crippen molar-refractivity contribution < 1.29 is 8.42 Å². The molecule has 6 nitrogen and oxygen atoms in total. The lowest BCUT2D eigenvalue weighted by atomic mass is 10.0. The summed E-state index contributed by atoms with van der Waals surface area (Å²) in [5, 5.41) is 10.8. The molecule has 0 radical (unpaired) electrons. The average molecular weight is 329 g/mol. The summed E-state index contributed by atoms with van der Waals surface area (Å²) in [6.45, 7) is 1.68. The normalized spacial score (nSPS) is 11.8. The Bertz CT molecular complexity index is 1090. The molecule has 0 atom stereocenters. The molecular formula is C16H15N3O3S. The topological polar surface area (TPSA) is 95.0 Å². The van der Waals surface area contributed by atoms with Gasteiger partial charge in [0.25, 0.3) is 5.56 Å². The maximum atomic E-state index is 12.2. The third kappa shape index (κ3) is 2.64. The summed E-state index contributed by atoms with van der Waals surface area (Å²) >= 11 is 0. The van der Waals surface area contributed by atoms with Crippen molar-refractivity contribution in [3.05, 3.63) is 58.4 Å². The van der Waals surface area contributed by atoms with Gasteiger partial charge in [0.05, 0.1) is 16.0 Å². The predicted octanol–water partition coefficient (Wildman–Crippen LogP) is 1.56. The van der Waals surface area contributed by atoms with Crippen LogP contribution in [0.2, 0.25) is 0 Å². The van der Waals surface area contributed by atoms with Gasteiger partial charge in [-0.2, -0.15) is 5.10 Å². The minimum atomic E-state index is -3.83. The largest absolute Gasteiger partial charge is 0.274 e. The Kier molecular flexibility index (Phi) is 3.54. The van der Waals surface area contributed by atoms with Crippen LogP contribution in [0.3, 0.4) is 0 Å². The van der Waals surface area contributed by atoms with Crippen molar-refractivity contribution in [2.75, 3.05) is 0 Å². The quantitative estimate of drug-likeness (QED) is 0.772. The van der Waals surface area contributed by atoms with E-state index in [0.29, 0.717) is 27.6 Å². The number of rotatable bonds is 2. The molecule has 3 aromatic rings. The number of sulfonamides is 1. The number of nitrogens with two attached hydrogens (primary N) is 1. The molecule has 0 unspecified atom stereocenters. The van der Waals surface area contributed by atoms with Crippen LogP contribution in [0.1, 0.15) is 5.56 Å². The smallest absolute Gasteiger partial charge is 0.267 e. The van der Waals surface area contributed by atoms with Crippen LogP contribution in [-0.2, 0) is 17.1 Å². The van der Waals surface area contributed by atoms with E-state index in [0.717, 1.165) is 0 Å². The van der Waals surface area contributed by atoms with Gasteiger partial charge in [-0.15, -0.1) is 0 Å². The number of fused-ring (bicyclic) bond motifs is 1. The Labute approximate surface area is 133 Å². The van der Waals surface area contributed by atoms with Gasteiger partial charge in [0.15, 0.2) is 0 Å². The predicted molar refractivity (Wildman–Crippen MR) is 88.5 cm³/mol. The molecule has 0 saturated carbocycles. The molecule has 0 saturated heterocycles. The van der Waals surface area contributed by atoms with Crippen molar-refractivity contribution in [3.8, 4) is 11.3 Å². The van der Waals surface area contributed by atoms with Gasteiger partial charge in [0.1, 0.15) is 0 Å². The fourth-order valence-corrected chi connectivity index (χ4v) is 3.37. The molecule has 2 aromatic carbocycles. The third-order valence-corrected chi connectivity index (χ3v) is 4.78. The molecule has 0 aliphatic carbocycles. The highest BCUT2D eigenvalue weighted by atomic mass is 32.2. The van der Waals surface area contributed by atoms with Crippen LogP contribution < -0.4 is 10.7 Å². The Morgan fingerprint density at radius 2 is 1.74 bits per heavy atom. The summed E-state index contributed by atoms with van der Waals surface area (Å²) in [4.78, 5) is 12.2. The summed E-state index contributed by atoms with van der Waals surface area (Å²) < 4.78 is 24.7. The van der Waals surface area contributed by atoms with Crippen LogP contribution in [0, 0.1) is 6.92 Å². The van der Waals surface area contributed by atoms with Crippen LogP contribution in [-0.4, -0.2) is 18.2 Å². The van der Waals surface area contributed by atoms with Crippen LogP contribution in [0.4, 0.5) is 0 Å². The van der Waals surface area contributed by atoms with E-state index in [1.54, 1.807) is 44.3 Å². The Morgan fingerprint density at radius 1 is 1.09 bits per heavy atom. The Hall–Kier alpha value is -2.51. The monoisotopic (exact) mass is 329 g/mol. The van der Waals surface area contributed by atoms with Crippen LogP contribution in [0.15, 0.2) is 52.2 Å². The molecule has 23 heavy (non-hydrogen) atoms. The van der Waals surface area contributed by atoms with E-state index in [2.05, 4.69) is 5.10 Å². The molecule has 0 fully saturated rings. The zero-order valence-corrected chi connectivity index (χ0v) is 13.5. The summed E-state index contributed by atoms with van der Waals surface area (Å²) in [6.07, 6.45) is 0. The second-order valence-electron chi connectivity index (χ2n) is 5.35. The molecule has 7 heteroatoms. The van der Waals surface area contributed by atoms with E-state index >= 15 is 0 Å². The molecule has 3 rings (SSSR count). The van der Waals surface area contributed by atoms with Crippen molar-refractivity contribution in [2.24, 2.45) is 12.2 Å².